The summed E-state index contributed by atoms with van der Waals surface area (Å²) in [7, 11) is -2.55. The third kappa shape index (κ3) is 8.33. The third-order valence-corrected chi connectivity index (χ3v) is 11.0. The molecule has 47 heavy (non-hydrogen) atoms. The minimum Gasteiger partial charge on any atom is -0.453 e. The van der Waals surface area contributed by atoms with Crippen LogP contribution in [-0.2, 0) is 19.6 Å². The van der Waals surface area contributed by atoms with E-state index in [-0.39, 0.29) is 23.3 Å². The van der Waals surface area contributed by atoms with E-state index >= 15 is 0 Å². The predicted molar refractivity (Wildman–Crippen MR) is 171 cm³/mol. The average molecular weight is 671 g/mol. The molecular formula is C34H40F2N4O6S. The molecule has 252 valence electrons. The monoisotopic (exact) mass is 670 g/mol. The summed E-state index contributed by atoms with van der Waals surface area (Å²) in [4.78, 5) is 26.8. The molecule has 1 saturated heterocycles. The fourth-order valence-corrected chi connectivity index (χ4v) is 8.38. The Morgan fingerprint density at radius 2 is 1.57 bits per heavy atom. The maximum absolute atomic E-state index is 14.1. The number of ether oxygens (including phenoxy) is 1. The quantitative estimate of drug-likeness (QED) is 0.245. The summed E-state index contributed by atoms with van der Waals surface area (Å²) >= 11 is 0. The third-order valence-electron chi connectivity index (χ3n) is 9.05. The van der Waals surface area contributed by atoms with Gasteiger partial charge in [-0.25, -0.2) is 22.0 Å². The zero-order valence-corrected chi connectivity index (χ0v) is 26.8. The SMILES string of the molecule is COC(=O)N[C@@H](C(=O)NC1CC(O)CC1CCC1CNCCN1S(=O)(=O)c1ccccc1)C(c1ccc(F)cc1)c1ccc(F)cc1. The predicted octanol–water partition coefficient (Wildman–Crippen LogP) is 3.52. The van der Waals surface area contributed by atoms with Gasteiger partial charge in [0.25, 0.3) is 0 Å². The number of aliphatic hydroxyl groups is 1. The van der Waals surface area contributed by atoms with Gasteiger partial charge < -0.3 is 25.8 Å². The van der Waals surface area contributed by atoms with Gasteiger partial charge in [0.05, 0.1) is 18.1 Å². The molecular weight excluding hydrogens is 630 g/mol. The van der Waals surface area contributed by atoms with Gasteiger partial charge in [0, 0.05) is 37.6 Å². The van der Waals surface area contributed by atoms with Crippen molar-refractivity contribution in [1.29, 1.82) is 0 Å². The van der Waals surface area contributed by atoms with Crippen LogP contribution in [0.3, 0.4) is 0 Å². The van der Waals surface area contributed by atoms with Crippen LogP contribution < -0.4 is 16.0 Å². The smallest absolute Gasteiger partial charge is 0.407 e. The second-order valence-electron chi connectivity index (χ2n) is 12.1. The van der Waals surface area contributed by atoms with E-state index in [1.54, 1.807) is 30.3 Å². The Hall–Kier alpha value is -3.91. The molecule has 1 heterocycles. The number of rotatable bonds is 11. The number of carbonyl (C=O) groups excluding carboxylic acids is 2. The second kappa shape index (κ2) is 15.3. The molecule has 2 fully saturated rings. The second-order valence-corrected chi connectivity index (χ2v) is 13.9. The van der Waals surface area contributed by atoms with Crippen molar-refractivity contribution in [2.75, 3.05) is 26.7 Å². The Labute approximate surface area is 273 Å². The summed E-state index contributed by atoms with van der Waals surface area (Å²) in [5, 5.41) is 19.6. The number of methoxy groups -OCH3 is 1. The van der Waals surface area contributed by atoms with Crippen LogP contribution in [0.4, 0.5) is 13.6 Å². The van der Waals surface area contributed by atoms with E-state index in [1.807, 2.05) is 0 Å². The molecule has 2 aliphatic rings. The highest BCUT2D eigenvalue weighted by Gasteiger charge is 2.40. The number of benzene rings is 3. The molecule has 5 rings (SSSR count). The first-order valence-corrected chi connectivity index (χ1v) is 17.1. The van der Waals surface area contributed by atoms with Crippen molar-refractivity contribution in [3.63, 3.8) is 0 Å². The lowest BCUT2D eigenvalue weighted by Crippen LogP contribution is -2.54. The van der Waals surface area contributed by atoms with Crippen molar-refractivity contribution < 1.29 is 36.6 Å². The van der Waals surface area contributed by atoms with Gasteiger partial charge in [-0.3, -0.25) is 4.79 Å². The Bertz CT molecular complexity index is 1570. The van der Waals surface area contributed by atoms with Crippen LogP contribution >= 0.6 is 0 Å². The lowest BCUT2D eigenvalue weighted by Gasteiger charge is -2.36. The van der Waals surface area contributed by atoms with E-state index in [2.05, 4.69) is 16.0 Å². The first kappa shape index (κ1) is 34.4. The molecule has 4 unspecified atom stereocenters. The summed E-state index contributed by atoms with van der Waals surface area (Å²) in [6.45, 7) is 1.33. The number of nitrogens with one attached hydrogen (secondary N) is 3. The number of hydrogen-bond acceptors (Lipinski definition) is 7. The fraction of sp³-hybridized carbons (Fsp3) is 0.412. The van der Waals surface area contributed by atoms with Crippen molar-refractivity contribution in [3.8, 4) is 0 Å². The Morgan fingerprint density at radius 1 is 0.957 bits per heavy atom. The van der Waals surface area contributed by atoms with Gasteiger partial charge in [-0.1, -0.05) is 42.5 Å². The molecule has 1 aliphatic carbocycles. The Kier molecular flexibility index (Phi) is 11.2. The molecule has 2 amide bonds. The van der Waals surface area contributed by atoms with Gasteiger partial charge in [-0.15, -0.1) is 0 Å². The topological polar surface area (TPSA) is 137 Å². The molecule has 0 spiro atoms. The van der Waals surface area contributed by atoms with Gasteiger partial charge in [0.1, 0.15) is 17.7 Å². The molecule has 3 aromatic rings. The number of halogens is 2. The molecule has 1 aliphatic heterocycles. The number of carbonyl (C=O) groups is 2. The summed E-state index contributed by atoms with van der Waals surface area (Å²) in [5.41, 5.74) is 1.00. The fourth-order valence-electron chi connectivity index (χ4n) is 6.71. The maximum atomic E-state index is 14.1. The number of amides is 2. The van der Waals surface area contributed by atoms with E-state index in [9.17, 15) is 31.9 Å². The minimum atomic E-state index is -3.72. The van der Waals surface area contributed by atoms with Crippen molar-refractivity contribution in [2.24, 2.45) is 5.92 Å². The van der Waals surface area contributed by atoms with E-state index in [0.29, 0.717) is 50.0 Å². The highest BCUT2D eigenvalue weighted by Crippen LogP contribution is 2.34. The van der Waals surface area contributed by atoms with Crippen LogP contribution in [0.5, 0.6) is 0 Å². The van der Waals surface area contributed by atoms with Crippen LogP contribution in [0.25, 0.3) is 0 Å². The number of aliphatic hydroxyl groups excluding tert-OH is 1. The Morgan fingerprint density at radius 3 is 2.17 bits per heavy atom. The van der Waals surface area contributed by atoms with Gasteiger partial charge in [0.2, 0.25) is 15.9 Å². The van der Waals surface area contributed by atoms with Crippen LogP contribution in [0, 0.1) is 17.6 Å². The normalized spacial score (nSPS) is 22.5. The highest BCUT2D eigenvalue weighted by molar-refractivity contribution is 7.89. The number of hydrogen-bond donors (Lipinski definition) is 4. The van der Waals surface area contributed by atoms with Crippen LogP contribution in [0.1, 0.15) is 42.7 Å². The zero-order valence-electron chi connectivity index (χ0n) is 26.0. The molecule has 0 aromatic heterocycles. The van der Waals surface area contributed by atoms with E-state index < -0.39 is 57.8 Å². The zero-order chi connectivity index (χ0) is 33.6. The van der Waals surface area contributed by atoms with Crippen molar-refractivity contribution >= 4 is 22.0 Å². The molecule has 5 atom stereocenters. The standard InChI is InChI=1S/C34H40F2N4O6S/c1-46-34(43)39-32(31(22-7-12-25(35)13-8-22)23-9-14-26(36)15-10-23)33(42)38-30-20-28(41)19-24(30)11-16-27-21-37-17-18-40(27)47(44,45)29-5-3-2-4-6-29/h2-10,12-15,24,27-28,30-32,37,41H,11,16-21H2,1H3,(H,38,42)(H,39,43)/t24?,27?,28?,30?,32-/m1/s1. The van der Waals surface area contributed by atoms with Gasteiger partial charge >= 0.3 is 6.09 Å². The number of alkyl carbamates (subject to hydrolysis) is 1. The van der Waals surface area contributed by atoms with E-state index in [1.165, 1.54) is 59.9 Å². The van der Waals surface area contributed by atoms with Crippen molar-refractivity contribution in [1.82, 2.24) is 20.3 Å². The van der Waals surface area contributed by atoms with Crippen molar-refractivity contribution in [2.45, 2.75) is 60.7 Å². The molecule has 1 saturated carbocycles. The molecule has 13 heteroatoms. The van der Waals surface area contributed by atoms with Gasteiger partial charge in [0.15, 0.2) is 0 Å². The molecule has 0 bridgehead atoms. The first-order valence-electron chi connectivity index (χ1n) is 15.7. The average Bonchev–Trinajstić information content (AvgIpc) is 3.43. The number of piperazine rings is 1. The summed E-state index contributed by atoms with van der Waals surface area (Å²) < 4.78 is 61.1. The Balaban J connectivity index is 1.36. The molecule has 10 nitrogen and oxygen atoms in total. The van der Waals surface area contributed by atoms with E-state index in [4.69, 9.17) is 4.74 Å². The minimum absolute atomic E-state index is 0.175. The van der Waals surface area contributed by atoms with Crippen LogP contribution in [-0.4, -0.2) is 80.8 Å². The largest absolute Gasteiger partial charge is 0.453 e. The van der Waals surface area contributed by atoms with Gasteiger partial charge in [-0.05, 0) is 79.1 Å². The molecule has 0 radical (unpaired) electrons. The van der Waals surface area contributed by atoms with Gasteiger partial charge in [-0.2, -0.15) is 4.31 Å². The van der Waals surface area contributed by atoms with Crippen molar-refractivity contribution in [3.05, 3.63) is 102 Å². The lowest BCUT2D eigenvalue weighted by atomic mass is 9.84. The summed E-state index contributed by atoms with van der Waals surface area (Å²) in [6, 6.07) is 17.2. The molecule has 4 N–H and O–H groups in total. The maximum Gasteiger partial charge on any atom is 0.407 e. The number of sulfonamides is 1. The van der Waals surface area contributed by atoms with Crippen LogP contribution in [0.2, 0.25) is 0 Å². The summed E-state index contributed by atoms with van der Waals surface area (Å²) in [5.74, 6) is -2.55. The summed E-state index contributed by atoms with van der Waals surface area (Å²) in [6.07, 6.45) is 0.158. The van der Waals surface area contributed by atoms with Crippen LogP contribution in [0.15, 0.2) is 83.8 Å². The highest BCUT2D eigenvalue weighted by atomic mass is 32.2. The number of nitrogens with zero attached hydrogens (tertiary/aromatic N) is 1. The van der Waals surface area contributed by atoms with E-state index in [0.717, 1.165) is 0 Å². The molecule has 3 aromatic carbocycles. The first-order chi connectivity index (χ1) is 22.6. The lowest BCUT2D eigenvalue weighted by molar-refractivity contribution is -0.124.